The molecule has 1 rings (SSSR count). The van der Waals surface area contributed by atoms with Crippen molar-refractivity contribution in [3.63, 3.8) is 0 Å². The molecule has 0 aliphatic heterocycles. The Hall–Kier alpha value is -3.60. The Bertz CT molecular complexity index is 1130. The van der Waals surface area contributed by atoms with Gasteiger partial charge in [-0.1, -0.05) is 30.4 Å². The van der Waals surface area contributed by atoms with Gasteiger partial charge in [0.15, 0.2) is 5.76 Å². The molecule has 1 aromatic rings. The summed E-state index contributed by atoms with van der Waals surface area (Å²) in [6.07, 6.45) is -2.92. The van der Waals surface area contributed by atoms with Crippen LogP contribution in [0.4, 0.5) is 17.6 Å². The third-order valence-electron chi connectivity index (χ3n) is 5.15. The zero-order valence-corrected chi connectivity index (χ0v) is 20.8. The number of ether oxygens (including phenoxy) is 1. The van der Waals surface area contributed by atoms with Crippen LogP contribution in [-0.4, -0.2) is 23.8 Å². The molecule has 4 nitrogen and oxygen atoms in total. The summed E-state index contributed by atoms with van der Waals surface area (Å²) in [5, 5.41) is 9.29. The van der Waals surface area contributed by atoms with E-state index in [1.807, 2.05) is 26.8 Å². The highest BCUT2D eigenvalue weighted by molar-refractivity contribution is 5.93. The minimum Gasteiger partial charge on any atom is -0.451 e. The highest BCUT2D eigenvalue weighted by Crippen LogP contribution is 2.32. The van der Waals surface area contributed by atoms with Crippen LogP contribution in [0, 0.1) is 18.3 Å². The number of benzene rings is 1. The van der Waals surface area contributed by atoms with Crippen LogP contribution in [0.15, 0.2) is 71.2 Å². The average molecular weight is 491 g/mol. The maximum Gasteiger partial charge on any atom is 0.293 e. The summed E-state index contributed by atoms with van der Waals surface area (Å²) in [5.41, 5.74) is 1.98. The van der Waals surface area contributed by atoms with Gasteiger partial charge in [-0.25, -0.2) is 17.6 Å². The third kappa shape index (κ3) is 7.71. The fraction of sp³-hybridized carbons (Fsp3) is 0.333. The van der Waals surface area contributed by atoms with Crippen molar-refractivity contribution in [1.82, 2.24) is 4.90 Å². The molecule has 0 bridgehead atoms. The number of hydrogen-bond acceptors (Lipinski definition) is 3. The number of amides is 1. The predicted molar refractivity (Wildman–Crippen MR) is 129 cm³/mol. The Labute approximate surface area is 204 Å². The van der Waals surface area contributed by atoms with E-state index in [-0.39, 0.29) is 23.4 Å². The van der Waals surface area contributed by atoms with Gasteiger partial charge in [0, 0.05) is 22.9 Å². The van der Waals surface area contributed by atoms with E-state index >= 15 is 0 Å². The van der Waals surface area contributed by atoms with E-state index < -0.39 is 35.7 Å². The van der Waals surface area contributed by atoms with Crippen LogP contribution >= 0.6 is 0 Å². The molecule has 0 saturated heterocycles. The minimum atomic E-state index is -3.06. The number of nitrogens with zero attached hydrogens (tertiary/aromatic N) is 2. The van der Waals surface area contributed by atoms with Crippen LogP contribution in [0.2, 0.25) is 0 Å². The van der Waals surface area contributed by atoms with E-state index in [1.54, 1.807) is 13.0 Å². The Morgan fingerprint density at radius 2 is 1.77 bits per heavy atom. The van der Waals surface area contributed by atoms with E-state index in [1.165, 1.54) is 13.1 Å². The van der Waals surface area contributed by atoms with Gasteiger partial charge >= 0.3 is 0 Å². The van der Waals surface area contributed by atoms with E-state index in [2.05, 4.69) is 13.2 Å². The van der Waals surface area contributed by atoms with Crippen molar-refractivity contribution in [2.24, 2.45) is 0 Å². The standard InChI is InChI=1S/C27H30F4N2O2/c1-9-33(14-22(16(4)5)17(6)10-15(2)3)27(34)24(19(8)25(28)29)35-23-12-20(26(30)31)11-21(13-32)18(23)7/h9-12,25-26H,1,4,14H2,2-3,5-8H3/b22-17-,24-19-. The molecular formula is C27H30F4N2O2. The Balaban J connectivity index is 3.63. The molecule has 35 heavy (non-hydrogen) atoms. The molecule has 0 radical (unpaired) electrons. The van der Waals surface area contributed by atoms with Crippen LogP contribution in [0.5, 0.6) is 5.75 Å². The number of carbonyl (C=O) groups is 1. The van der Waals surface area contributed by atoms with Crippen molar-refractivity contribution < 1.29 is 27.1 Å². The molecule has 0 saturated carbocycles. The first-order chi connectivity index (χ1) is 16.2. The van der Waals surface area contributed by atoms with Crippen LogP contribution in [0.1, 0.15) is 57.7 Å². The summed E-state index contributed by atoms with van der Waals surface area (Å²) in [6, 6.07) is 3.70. The second kappa shape index (κ2) is 12.7. The molecule has 0 spiro atoms. The van der Waals surface area contributed by atoms with Gasteiger partial charge in [0.2, 0.25) is 0 Å². The largest absolute Gasteiger partial charge is 0.451 e. The molecule has 8 heteroatoms. The van der Waals surface area contributed by atoms with Crippen LogP contribution < -0.4 is 4.74 Å². The minimum absolute atomic E-state index is 0.0316. The first-order valence-corrected chi connectivity index (χ1v) is 10.7. The van der Waals surface area contributed by atoms with Crippen molar-refractivity contribution in [3.05, 3.63) is 87.9 Å². The molecule has 0 atom stereocenters. The second-order valence-electron chi connectivity index (χ2n) is 8.30. The summed E-state index contributed by atoms with van der Waals surface area (Å²) in [6.45, 7) is 17.4. The van der Waals surface area contributed by atoms with Crippen LogP contribution in [-0.2, 0) is 4.79 Å². The van der Waals surface area contributed by atoms with Gasteiger partial charge in [-0.15, -0.1) is 0 Å². The number of hydrogen-bond donors (Lipinski definition) is 0. The Kier molecular flexibility index (Phi) is 10.7. The van der Waals surface area contributed by atoms with Crippen molar-refractivity contribution in [2.75, 3.05) is 6.54 Å². The van der Waals surface area contributed by atoms with Crippen molar-refractivity contribution in [1.29, 1.82) is 5.26 Å². The van der Waals surface area contributed by atoms with Gasteiger partial charge in [0.05, 0.1) is 18.2 Å². The van der Waals surface area contributed by atoms with Crippen molar-refractivity contribution in [2.45, 2.75) is 54.4 Å². The number of rotatable bonds is 10. The summed E-state index contributed by atoms with van der Waals surface area (Å²) in [5.74, 6) is -1.97. The van der Waals surface area contributed by atoms with E-state index in [9.17, 15) is 27.6 Å². The third-order valence-corrected chi connectivity index (χ3v) is 5.15. The SMILES string of the molecule is C=CN(C/C(C(=C)C)=C(\C)C=C(C)C)C(=O)/C(Oc1cc(C(F)F)cc(C#N)c1C)=C(\C)C(F)F. The fourth-order valence-corrected chi connectivity index (χ4v) is 3.20. The zero-order chi connectivity index (χ0) is 27.0. The van der Waals surface area contributed by atoms with Crippen molar-refractivity contribution >= 4 is 5.91 Å². The van der Waals surface area contributed by atoms with Crippen molar-refractivity contribution in [3.8, 4) is 11.8 Å². The number of allylic oxidation sites excluding steroid dienone is 4. The summed E-state index contributed by atoms with van der Waals surface area (Å²) < 4.78 is 59.6. The van der Waals surface area contributed by atoms with E-state index in [0.717, 1.165) is 35.1 Å². The van der Waals surface area contributed by atoms with Crippen LogP contribution in [0.25, 0.3) is 0 Å². The lowest BCUT2D eigenvalue weighted by atomic mass is 10.0. The molecule has 0 fully saturated rings. The fourth-order valence-electron chi connectivity index (χ4n) is 3.20. The van der Waals surface area contributed by atoms with Crippen LogP contribution in [0.3, 0.4) is 0 Å². The first kappa shape index (κ1) is 29.4. The first-order valence-electron chi connectivity index (χ1n) is 10.7. The summed E-state index contributed by atoms with van der Waals surface area (Å²) in [4.78, 5) is 14.5. The number of carbonyl (C=O) groups excluding carboxylic acids is 1. The molecule has 0 aliphatic carbocycles. The lowest BCUT2D eigenvalue weighted by molar-refractivity contribution is -0.126. The molecule has 0 heterocycles. The zero-order valence-electron chi connectivity index (χ0n) is 20.8. The summed E-state index contributed by atoms with van der Waals surface area (Å²) in [7, 11) is 0. The molecule has 0 aliphatic rings. The molecule has 1 amide bonds. The quantitative estimate of drug-likeness (QED) is 0.147. The average Bonchev–Trinajstić information content (AvgIpc) is 2.77. The molecule has 1 aromatic carbocycles. The molecule has 0 aromatic heterocycles. The van der Waals surface area contributed by atoms with Gasteiger partial charge in [-0.2, -0.15) is 5.26 Å². The molecular weight excluding hydrogens is 460 g/mol. The Morgan fingerprint density at radius 3 is 2.20 bits per heavy atom. The Morgan fingerprint density at radius 1 is 1.17 bits per heavy atom. The number of halogens is 4. The molecule has 0 N–H and O–H groups in total. The molecule has 188 valence electrons. The van der Waals surface area contributed by atoms with Gasteiger partial charge in [0.1, 0.15) is 5.75 Å². The molecule has 0 unspecified atom stereocenters. The number of nitriles is 1. The second-order valence-corrected chi connectivity index (χ2v) is 8.30. The van der Waals surface area contributed by atoms with Gasteiger partial charge in [-0.05, 0) is 64.8 Å². The topological polar surface area (TPSA) is 53.3 Å². The van der Waals surface area contributed by atoms with Gasteiger partial charge in [-0.3, -0.25) is 4.79 Å². The highest BCUT2D eigenvalue weighted by atomic mass is 19.3. The maximum atomic E-state index is 13.7. The number of alkyl halides is 4. The normalized spacial score (nSPS) is 12.4. The van der Waals surface area contributed by atoms with Gasteiger partial charge in [0.25, 0.3) is 18.8 Å². The summed E-state index contributed by atoms with van der Waals surface area (Å²) >= 11 is 0. The van der Waals surface area contributed by atoms with Gasteiger partial charge < -0.3 is 9.64 Å². The lowest BCUT2D eigenvalue weighted by Crippen LogP contribution is -2.32. The lowest BCUT2D eigenvalue weighted by Gasteiger charge is -2.24. The predicted octanol–water partition coefficient (Wildman–Crippen LogP) is 7.55. The van der Waals surface area contributed by atoms with E-state index in [4.69, 9.17) is 4.74 Å². The van der Waals surface area contributed by atoms with E-state index in [0.29, 0.717) is 11.1 Å². The maximum absolute atomic E-state index is 13.7. The monoisotopic (exact) mass is 490 g/mol. The highest BCUT2D eigenvalue weighted by Gasteiger charge is 2.27. The smallest absolute Gasteiger partial charge is 0.293 e.